The van der Waals surface area contributed by atoms with Crippen LogP contribution in [0.5, 0.6) is 11.5 Å². The van der Waals surface area contributed by atoms with Crippen LogP contribution in [0.25, 0.3) is 11.0 Å². The van der Waals surface area contributed by atoms with Crippen molar-refractivity contribution in [1.29, 1.82) is 0 Å². The van der Waals surface area contributed by atoms with Gasteiger partial charge in [-0.3, -0.25) is 13.9 Å². The van der Waals surface area contributed by atoms with E-state index in [1.165, 1.54) is 15.3 Å². The van der Waals surface area contributed by atoms with Crippen LogP contribution < -0.4 is 16.0 Å². The van der Waals surface area contributed by atoms with Crippen molar-refractivity contribution >= 4 is 39.5 Å². The van der Waals surface area contributed by atoms with Crippen molar-refractivity contribution in [2.75, 3.05) is 6.61 Å². The van der Waals surface area contributed by atoms with Crippen molar-refractivity contribution in [2.45, 2.75) is 32.7 Å². The maximum absolute atomic E-state index is 12.9. The summed E-state index contributed by atoms with van der Waals surface area (Å²) >= 11 is 2.14. The molecule has 154 valence electrons. The Morgan fingerprint density at radius 1 is 1.21 bits per heavy atom. The van der Waals surface area contributed by atoms with Crippen LogP contribution in [0.2, 0.25) is 0 Å². The maximum Gasteiger partial charge on any atom is 0.332 e. The second-order valence-electron chi connectivity index (χ2n) is 6.95. The lowest BCUT2D eigenvalue weighted by Gasteiger charge is -2.12. The molecule has 1 unspecified atom stereocenters. The Hall–Kier alpha value is -1.77. The van der Waals surface area contributed by atoms with Crippen molar-refractivity contribution in [3.8, 4) is 11.5 Å². The molecule has 7 nitrogen and oxygen atoms in total. The zero-order chi connectivity index (χ0) is 21.0. The number of halogens is 1. The summed E-state index contributed by atoms with van der Waals surface area (Å²) in [7, 11) is 1.61. The Bertz CT molecular complexity index is 1130. The number of rotatable bonds is 8. The molecular formula is C20H23IN3O4P. The summed E-state index contributed by atoms with van der Waals surface area (Å²) in [6.07, 6.45) is 2.12. The van der Waals surface area contributed by atoms with Gasteiger partial charge in [-0.2, -0.15) is 0 Å². The highest BCUT2D eigenvalue weighted by Gasteiger charge is 2.13. The van der Waals surface area contributed by atoms with Crippen LogP contribution in [-0.4, -0.2) is 20.7 Å². The van der Waals surface area contributed by atoms with Crippen LogP contribution in [0.4, 0.5) is 0 Å². The molecule has 2 aromatic heterocycles. The van der Waals surface area contributed by atoms with Gasteiger partial charge in [-0.05, 0) is 58.1 Å². The molecule has 0 aliphatic heterocycles. The number of hydrogen-bond acceptors (Lipinski definition) is 5. The third kappa shape index (κ3) is 5.05. The van der Waals surface area contributed by atoms with Gasteiger partial charge in [0.25, 0.3) is 5.56 Å². The minimum atomic E-state index is -0.384. The standard InChI is InChI=1S/C20H23IN3O4P/c1-13(2)14-6-4-7-15(10-14)28-16-11-17-18(22-12-16)23(3)20(26)24(19(17)25)8-5-9-27-29-21/h4,6-7,10-13,29H,5,8-9H2,1-3H3. The molecule has 2 heterocycles. The van der Waals surface area contributed by atoms with Gasteiger partial charge in [0.2, 0.25) is 0 Å². The average molecular weight is 527 g/mol. The Morgan fingerprint density at radius 3 is 2.72 bits per heavy atom. The van der Waals surface area contributed by atoms with E-state index in [0.717, 1.165) is 5.56 Å². The van der Waals surface area contributed by atoms with Crippen molar-refractivity contribution < 1.29 is 9.26 Å². The molecule has 0 aliphatic carbocycles. The van der Waals surface area contributed by atoms with Gasteiger partial charge in [-0.1, -0.05) is 26.0 Å². The number of fused-ring (bicyclic) bond motifs is 1. The molecule has 3 rings (SSSR count). The van der Waals surface area contributed by atoms with Gasteiger partial charge in [-0.15, -0.1) is 0 Å². The summed E-state index contributed by atoms with van der Waals surface area (Å²) in [4.78, 5) is 29.8. The van der Waals surface area contributed by atoms with Gasteiger partial charge in [0.05, 0.1) is 24.6 Å². The largest absolute Gasteiger partial charge is 0.456 e. The Balaban J connectivity index is 1.97. The highest BCUT2D eigenvalue weighted by molar-refractivity contribution is 14.2. The third-order valence-electron chi connectivity index (χ3n) is 4.60. The maximum atomic E-state index is 12.9. The molecule has 0 saturated heterocycles. The highest BCUT2D eigenvalue weighted by Crippen LogP contribution is 2.26. The molecule has 0 saturated carbocycles. The molecule has 29 heavy (non-hydrogen) atoms. The molecule has 0 N–H and O–H groups in total. The molecule has 0 bridgehead atoms. The van der Waals surface area contributed by atoms with Crippen LogP contribution in [0, 0.1) is 0 Å². The molecule has 0 fully saturated rings. The molecule has 1 atom stereocenters. The van der Waals surface area contributed by atoms with Crippen LogP contribution in [0.15, 0.2) is 46.1 Å². The van der Waals surface area contributed by atoms with Gasteiger partial charge in [0.1, 0.15) is 17.1 Å². The fourth-order valence-electron chi connectivity index (χ4n) is 3.03. The molecule has 3 aromatic rings. The van der Waals surface area contributed by atoms with E-state index in [2.05, 4.69) is 40.9 Å². The summed E-state index contributed by atoms with van der Waals surface area (Å²) in [5.41, 5.74) is 0.749. The Morgan fingerprint density at radius 2 is 2.00 bits per heavy atom. The normalized spacial score (nSPS) is 11.8. The molecule has 9 heteroatoms. The van der Waals surface area contributed by atoms with Crippen molar-refractivity contribution in [2.24, 2.45) is 7.05 Å². The number of aromatic nitrogens is 3. The first-order valence-electron chi connectivity index (χ1n) is 9.27. The van der Waals surface area contributed by atoms with E-state index in [4.69, 9.17) is 9.26 Å². The summed E-state index contributed by atoms with van der Waals surface area (Å²) in [6, 6.07) is 9.47. The number of pyridine rings is 1. The molecule has 0 amide bonds. The minimum Gasteiger partial charge on any atom is -0.456 e. The Kier molecular flexibility index (Phi) is 7.43. The van der Waals surface area contributed by atoms with E-state index < -0.39 is 0 Å². The predicted molar refractivity (Wildman–Crippen MR) is 125 cm³/mol. The lowest BCUT2D eigenvalue weighted by molar-refractivity contribution is 0.344. The second-order valence-corrected chi connectivity index (χ2v) is 8.71. The van der Waals surface area contributed by atoms with Crippen LogP contribution in [0.1, 0.15) is 31.7 Å². The zero-order valence-electron chi connectivity index (χ0n) is 16.5. The van der Waals surface area contributed by atoms with Gasteiger partial charge in [-0.25, -0.2) is 9.78 Å². The first-order valence-corrected chi connectivity index (χ1v) is 13.3. The minimum absolute atomic E-state index is 0.296. The summed E-state index contributed by atoms with van der Waals surface area (Å²) in [5.74, 6) is 1.51. The second kappa shape index (κ2) is 9.82. The van der Waals surface area contributed by atoms with Gasteiger partial charge < -0.3 is 9.26 Å². The monoisotopic (exact) mass is 527 g/mol. The number of aryl methyl sites for hydroxylation is 1. The number of hydrogen-bond donors (Lipinski definition) is 0. The number of benzene rings is 1. The third-order valence-corrected chi connectivity index (χ3v) is 5.84. The van der Waals surface area contributed by atoms with Crippen LogP contribution in [-0.2, 0) is 18.1 Å². The van der Waals surface area contributed by atoms with E-state index in [9.17, 15) is 9.59 Å². The van der Waals surface area contributed by atoms with Crippen LogP contribution in [0.3, 0.4) is 0 Å². The van der Waals surface area contributed by atoms with E-state index in [1.54, 1.807) is 13.1 Å². The molecule has 0 aliphatic rings. The summed E-state index contributed by atoms with van der Waals surface area (Å²) in [6.45, 7) is 5.39. The fraction of sp³-hybridized carbons (Fsp3) is 0.350. The van der Waals surface area contributed by atoms with Gasteiger partial charge in [0, 0.05) is 13.6 Å². The smallest absolute Gasteiger partial charge is 0.332 e. The first-order chi connectivity index (χ1) is 13.9. The fourth-order valence-corrected chi connectivity index (χ4v) is 3.91. The van der Waals surface area contributed by atoms with Gasteiger partial charge in [0.15, 0.2) is 0 Å². The molecule has 0 radical (unpaired) electrons. The lowest BCUT2D eigenvalue weighted by atomic mass is 10.0. The summed E-state index contributed by atoms with van der Waals surface area (Å²) < 4.78 is 13.9. The number of ether oxygens (including phenoxy) is 1. The lowest BCUT2D eigenvalue weighted by Crippen LogP contribution is -2.39. The van der Waals surface area contributed by atoms with Crippen molar-refractivity contribution in [3.63, 3.8) is 0 Å². The molecule has 1 aromatic carbocycles. The average Bonchev–Trinajstić information content (AvgIpc) is 2.72. The summed E-state index contributed by atoms with van der Waals surface area (Å²) in [5, 5.41) is 0.348. The number of nitrogens with zero attached hydrogens (tertiary/aromatic N) is 3. The topological polar surface area (TPSA) is 75.3 Å². The molecular weight excluding hydrogens is 504 g/mol. The van der Waals surface area contributed by atoms with E-state index in [0.29, 0.717) is 54.5 Å². The first kappa shape index (κ1) is 21.9. The SMILES string of the molecule is CC(C)c1cccc(Oc2cnc3c(c2)c(=O)n(CCCOPI)c(=O)n3C)c1. The Labute approximate surface area is 183 Å². The van der Waals surface area contributed by atoms with Crippen molar-refractivity contribution in [1.82, 2.24) is 14.1 Å². The quantitative estimate of drug-likeness (QED) is 0.247. The highest BCUT2D eigenvalue weighted by atomic mass is 127. The predicted octanol–water partition coefficient (Wildman–Crippen LogP) is 4.36. The van der Waals surface area contributed by atoms with Crippen molar-refractivity contribution in [3.05, 3.63) is 62.9 Å². The van der Waals surface area contributed by atoms with Gasteiger partial charge >= 0.3 is 5.69 Å². The van der Waals surface area contributed by atoms with E-state index >= 15 is 0 Å². The van der Waals surface area contributed by atoms with Crippen LogP contribution >= 0.6 is 28.5 Å². The van der Waals surface area contributed by atoms with E-state index in [1.807, 2.05) is 24.3 Å². The zero-order valence-corrected chi connectivity index (χ0v) is 19.7. The van der Waals surface area contributed by atoms with E-state index in [-0.39, 0.29) is 11.2 Å². The molecule has 0 spiro atoms.